The first kappa shape index (κ1) is 22.6. The molecule has 0 unspecified atom stereocenters. The van der Waals surface area contributed by atoms with Gasteiger partial charge in [0.05, 0.1) is 0 Å². The van der Waals surface area contributed by atoms with E-state index in [2.05, 4.69) is 107 Å². The van der Waals surface area contributed by atoms with E-state index >= 15 is 0 Å². The van der Waals surface area contributed by atoms with Gasteiger partial charge in [0.2, 0.25) is 0 Å². The molecule has 0 atom stereocenters. The molecular formula is C29H37N3. The maximum absolute atomic E-state index is 2.64. The van der Waals surface area contributed by atoms with Crippen LogP contribution in [0.3, 0.4) is 0 Å². The van der Waals surface area contributed by atoms with Crippen molar-refractivity contribution in [3.63, 3.8) is 0 Å². The summed E-state index contributed by atoms with van der Waals surface area (Å²) in [5, 5.41) is 0. The van der Waals surface area contributed by atoms with Crippen molar-refractivity contribution in [2.45, 2.75) is 26.3 Å². The predicted molar refractivity (Wildman–Crippen MR) is 136 cm³/mol. The van der Waals surface area contributed by atoms with Crippen molar-refractivity contribution >= 4 is 5.69 Å². The van der Waals surface area contributed by atoms with Crippen LogP contribution in [0, 0.1) is 6.92 Å². The van der Waals surface area contributed by atoms with E-state index in [4.69, 9.17) is 0 Å². The lowest BCUT2D eigenvalue weighted by atomic mass is 10.1. The lowest BCUT2D eigenvalue weighted by molar-refractivity contribution is 0.133. The third-order valence-electron chi connectivity index (χ3n) is 6.55. The Bertz CT molecular complexity index is 900. The monoisotopic (exact) mass is 427 g/mol. The van der Waals surface area contributed by atoms with Gasteiger partial charge in [-0.2, -0.15) is 0 Å². The Hall–Kier alpha value is -2.62. The van der Waals surface area contributed by atoms with Gasteiger partial charge in [0.1, 0.15) is 0 Å². The van der Waals surface area contributed by atoms with E-state index in [1.54, 1.807) is 0 Å². The Morgan fingerprint density at radius 2 is 1.25 bits per heavy atom. The zero-order valence-corrected chi connectivity index (χ0v) is 19.5. The number of anilines is 1. The average Bonchev–Trinajstić information content (AvgIpc) is 2.85. The summed E-state index contributed by atoms with van der Waals surface area (Å²) in [6.45, 7) is 11.3. The smallest absolute Gasteiger partial charge is 0.0430 e. The second kappa shape index (κ2) is 11.8. The van der Waals surface area contributed by atoms with Gasteiger partial charge in [0, 0.05) is 51.5 Å². The van der Waals surface area contributed by atoms with Crippen LogP contribution in [0.4, 0.5) is 5.69 Å². The fourth-order valence-corrected chi connectivity index (χ4v) is 4.50. The van der Waals surface area contributed by atoms with Crippen molar-refractivity contribution < 1.29 is 0 Å². The molecule has 4 rings (SSSR count). The maximum Gasteiger partial charge on any atom is 0.0430 e. The second-order valence-corrected chi connectivity index (χ2v) is 9.02. The molecule has 3 nitrogen and oxygen atoms in total. The highest BCUT2D eigenvalue weighted by atomic mass is 15.3. The molecule has 1 heterocycles. The van der Waals surface area contributed by atoms with Crippen LogP contribution in [0.5, 0.6) is 0 Å². The first-order chi connectivity index (χ1) is 15.8. The van der Waals surface area contributed by atoms with Crippen LogP contribution < -0.4 is 4.90 Å². The number of piperazine rings is 1. The molecule has 3 aromatic carbocycles. The van der Waals surface area contributed by atoms with Gasteiger partial charge < -0.3 is 9.80 Å². The molecule has 0 aromatic heterocycles. The summed E-state index contributed by atoms with van der Waals surface area (Å²) < 4.78 is 0. The van der Waals surface area contributed by atoms with Crippen molar-refractivity contribution in [1.82, 2.24) is 9.80 Å². The van der Waals surface area contributed by atoms with Gasteiger partial charge in [-0.15, -0.1) is 0 Å². The summed E-state index contributed by atoms with van der Waals surface area (Å²) in [5.41, 5.74) is 5.47. The van der Waals surface area contributed by atoms with Crippen molar-refractivity contribution in [3.05, 3.63) is 102 Å². The fraction of sp³-hybridized carbons (Fsp3) is 0.379. The van der Waals surface area contributed by atoms with Gasteiger partial charge in [-0.1, -0.05) is 78.4 Å². The Labute approximate surface area is 194 Å². The number of para-hydroxylation sites is 1. The Morgan fingerprint density at radius 3 is 1.91 bits per heavy atom. The van der Waals surface area contributed by atoms with Gasteiger partial charge in [-0.3, -0.25) is 4.90 Å². The Morgan fingerprint density at radius 1 is 0.656 bits per heavy atom. The molecule has 0 bridgehead atoms. The molecule has 1 saturated heterocycles. The summed E-state index contributed by atoms with van der Waals surface area (Å²) in [5.74, 6) is 0. The number of nitrogens with zero attached hydrogens (tertiary/aromatic N) is 3. The van der Waals surface area contributed by atoms with Gasteiger partial charge in [0.25, 0.3) is 0 Å². The summed E-state index contributed by atoms with van der Waals surface area (Å²) in [6, 6.07) is 30.7. The molecule has 0 radical (unpaired) electrons. The van der Waals surface area contributed by atoms with E-state index < -0.39 is 0 Å². The Balaban J connectivity index is 1.23. The second-order valence-electron chi connectivity index (χ2n) is 9.02. The van der Waals surface area contributed by atoms with E-state index in [1.165, 1.54) is 67.9 Å². The van der Waals surface area contributed by atoms with E-state index in [9.17, 15) is 0 Å². The van der Waals surface area contributed by atoms with Crippen LogP contribution in [0.25, 0.3) is 0 Å². The third kappa shape index (κ3) is 6.94. The molecule has 3 aromatic rings. The molecule has 0 amide bonds. The number of hydrogen-bond acceptors (Lipinski definition) is 3. The van der Waals surface area contributed by atoms with Crippen LogP contribution in [0.15, 0.2) is 84.9 Å². The minimum absolute atomic E-state index is 0.962. The van der Waals surface area contributed by atoms with Crippen LogP contribution in [0.2, 0.25) is 0 Å². The minimum atomic E-state index is 0.962. The molecule has 1 aliphatic heterocycles. The van der Waals surface area contributed by atoms with Crippen molar-refractivity contribution in [1.29, 1.82) is 0 Å². The summed E-state index contributed by atoms with van der Waals surface area (Å²) >= 11 is 0. The normalized spacial score (nSPS) is 15.0. The maximum atomic E-state index is 2.64. The summed E-state index contributed by atoms with van der Waals surface area (Å²) in [4.78, 5) is 7.80. The quantitative estimate of drug-likeness (QED) is 0.437. The van der Waals surface area contributed by atoms with Gasteiger partial charge in [0.15, 0.2) is 0 Å². The van der Waals surface area contributed by atoms with Crippen molar-refractivity contribution in [2.24, 2.45) is 0 Å². The number of aryl methyl sites for hydroxylation is 2. The third-order valence-corrected chi connectivity index (χ3v) is 6.55. The fourth-order valence-electron chi connectivity index (χ4n) is 4.50. The van der Waals surface area contributed by atoms with E-state index in [0.717, 1.165) is 19.6 Å². The molecule has 0 spiro atoms. The molecule has 3 heteroatoms. The first-order valence-corrected chi connectivity index (χ1v) is 12.1. The first-order valence-electron chi connectivity index (χ1n) is 12.1. The Kier molecular flexibility index (Phi) is 8.35. The molecule has 0 N–H and O–H groups in total. The van der Waals surface area contributed by atoms with Crippen LogP contribution in [-0.2, 0) is 13.0 Å². The number of benzene rings is 3. The average molecular weight is 428 g/mol. The van der Waals surface area contributed by atoms with Gasteiger partial charge in [-0.25, -0.2) is 0 Å². The SMILES string of the molecule is Cc1ccc(CN(CCN2CCN(CCCc3ccccc3)CC2)c2ccccc2)cc1. The van der Waals surface area contributed by atoms with E-state index in [0.29, 0.717) is 0 Å². The van der Waals surface area contributed by atoms with Crippen LogP contribution in [-0.4, -0.2) is 55.6 Å². The van der Waals surface area contributed by atoms with Crippen LogP contribution >= 0.6 is 0 Å². The molecule has 32 heavy (non-hydrogen) atoms. The van der Waals surface area contributed by atoms with Crippen LogP contribution in [0.1, 0.15) is 23.1 Å². The minimum Gasteiger partial charge on any atom is -0.366 e. The lowest BCUT2D eigenvalue weighted by Crippen LogP contribution is -2.48. The van der Waals surface area contributed by atoms with Gasteiger partial charge in [-0.05, 0) is 49.6 Å². The number of rotatable bonds is 10. The summed E-state index contributed by atoms with van der Waals surface area (Å²) in [7, 11) is 0. The molecule has 1 fully saturated rings. The molecule has 0 aliphatic carbocycles. The highest BCUT2D eigenvalue weighted by molar-refractivity contribution is 5.46. The molecular weight excluding hydrogens is 390 g/mol. The molecule has 168 valence electrons. The summed E-state index contributed by atoms with van der Waals surface area (Å²) in [6.07, 6.45) is 2.44. The van der Waals surface area contributed by atoms with Crippen molar-refractivity contribution in [3.8, 4) is 0 Å². The lowest BCUT2D eigenvalue weighted by Gasteiger charge is -2.36. The molecule has 0 saturated carbocycles. The van der Waals surface area contributed by atoms with E-state index in [1.807, 2.05) is 0 Å². The van der Waals surface area contributed by atoms with Gasteiger partial charge >= 0.3 is 0 Å². The van der Waals surface area contributed by atoms with E-state index in [-0.39, 0.29) is 0 Å². The largest absolute Gasteiger partial charge is 0.366 e. The highest BCUT2D eigenvalue weighted by Crippen LogP contribution is 2.17. The predicted octanol–water partition coefficient (Wildman–Crippen LogP) is 5.25. The topological polar surface area (TPSA) is 9.72 Å². The van der Waals surface area contributed by atoms with Crippen molar-refractivity contribution in [2.75, 3.05) is 50.7 Å². The zero-order chi connectivity index (χ0) is 22.0. The highest BCUT2D eigenvalue weighted by Gasteiger charge is 2.17. The number of hydrogen-bond donors (Lipinski definition) is 0. The standard InChI is InChI=1S/C29H37N3/c1-26-14-16-28(17-15-26)25-32(29-12-6-3-7-13-29)24-23-31-21-19-30(20-22-31)18-8-11-27-9-4-2-5-10-27/h2-7,9-10,12-17H,8,11,18-25H2,1H3. The zero-order valence-electron chi connectivity index (χ0n) is 19.5. The molecule has 1 aliphatic rings.